The van der Waals surface area contributed by atoms with Crippen molar-refractivity contribution in [3.05, 3.63) is 92.3 Å². The van der Waals surface area contributed by atoms with Gasteiger partial charge in [-0.15, -0.1) is 0 Å². The first kappa shape index (κ1) is 26.2. The summed E-state index contributed by atoms with van der Waals surface area (Å²) in [6, 6.07) is 18.5. The van der Waals surface area contributed by atoms with Crippen LogP contribution in [0.15, 0.2) is 65.5 Å². The Balaban J connectivity index is 1.45. The number of aromatic nitrogens is 3. The summed E-state index contributed by atoms with van der Waals surface area (Å²) in [5.41, 5.74) is 3.78. The van der Waals surface area contributed by atoms with Crippen LogP contribution in [0.5, 0.6) is 5.75 Å². The van der Waals surface area contributed by atoms with Crippen LogP contribution in [0, 0.1) is 6.92 Å². The third-order valence-electron chi connectivity index (χ3n) is 7.60. The van der Waals surface area contributed by atoms with Gasteiger partial charge in [-0.05, 0) is 48.9 Å². The highest BCUT2D eigenvalue weighted by molar-refractivity contribution is 6.32. The van der Waals surface area contributed by atoms with Crippen LogP contribution in [0.4, 0.5) is 5.69 Å². The van der Waals surface area contributed by atoms with Gasteiger partial charge in [-0.3, -0.25) is 9.59 Å². The number of amides is 1. The summed E-state index contributed by atoms with van der Waals surface area (Å²) in [6.45, 7) is 4.37. The van der Waals surface area contributed by atoms with Gasteiger partial charge in [-0.1, -0.05) is 47.5 Å². The van der Waals surface area contributed by atoms with Crippen molar-refractivity contribution in [2.45, 2.75) is 6.92 Å². The lowest BCUT2D eigenvalue weighted by Gasteiger charge is -2.36. The fourth-order valence-electron chi connectivity index (χ4n) is 5.51. The highest BCUT2D eigenvalue weighted by atomic mass is 35.5. The van der Waals surface area contributed by atoms with Crippen molar-refractivity contribution < 1.29 is 9.53 Å². The number of nitrogens with zero attached hydrogens (tertiary/aromatic N) is 5. The number of ether oxygens (including phenoxy) is 1. The van der Waals surface area contributed by atoms with Gasteiger partial charge in [0.05, 0.1) is 17.8 Å². The van der Waals surface area contributed by atoms with Crippen molar-refractivity contribution in [2.75, 3.05) is 38.2 Å². The maximum atomic E-state index is 14.1. The summed E-state index contributed by atoms with van der Waals surface area (Å²) in [5.74, 6) is 0.255. The fourth-order valence-corrected chi connectivity index (χ4v) is 5.93. The number of aryl methyl sites for hydroxylation is 2. The number of methoxy groups -OCH3 is 1. The van der Waals surface area contributed by atoms with Gasteiger partial charge in [0.1, 0.15) is 11.3 Å². The molecule has 0 saturated carbocycles. The van der Waals surface area contributed by atoms with Crippen molar-refractivity contribution in [3.8, 4) is 11.4 Å². The molecule has 3 aromatic carbocycles. The predicted molar refractivity (Wildman–Crippen MR) is 160 cm³/mol. The zero-order chi connectivity index (χ0) is 28.1. The number of rotatable bonds is 4. The first-order valence-corrected chi connectivity index (χ1v) is 13.7. The van der Waals surface area contributed by atoms with E-state index in [1.807, 2.05) is 54.1 Å². The van der Waals surface area contributed by atoms with Crippen LogP contribution in [0.25, 0.3) is 27.5 Å². The number of halogens is 2. The highest BCUT2D eigenvalue weighted by Gasteiger charge is 2.29. The summed E-state index contributed by atoms with van der Waals surface area (Å²) in [5, 5.41) is 7.06. The Hall–Kier alpha value is -4.01. The number of hydrogen-bond acceptors (Lipinski definition) is 5. The molecule has 1 saturated heterocycles. The second-order valence-corrected chi connectivity index (χ2v) is 10.7. The molecule has 40 heavy (non-hydrogen) atoms. The van der Waals surface area contributed by atoms with E-state index in [-0.39, 0.29) is 17.2 Å². The van der Waals surface area contributed by atoms with E-state index >= 15 is 0 Å². The molecule has 0 N–H and O–H groups in total. The Labute approximate surface area is 240 Å². The highest BCUT2D eigenvalue weighted by Crippen LogP contribution is 2.31. The van der Waals surface area contributed by atoms with E-state index in [4.69, 9.17) is 27.9 Å². The van der Waals surface area contributed by atoms with E-state index in [0.29, 0.717) is 58.6 Å². The number of fused-ring (bicyclic) bond motifs is 3. The van der Waals surface area contributed by atoms with E-state index in [2.05, 4.69) is 16.9 Å². The Morgan fingerprint density at radius 3 is 2.45 bits per heavy atom. The molecule has 0 atom stereocenters. The second kappa shape index (κ2) is 10.2. The van der Waals surface area contributed by atoms with Crippen LogP contribution in [0.1, 0.15) is 16.1 Å². The number of anilines is 1. The van der Waals surface area contributed by atoms with E-state index in [1.165, 1.54) is 11.8 Å². The number of carbonyl (C=O) groups is 1. The minimum absolute atomic E-state index is 0.225. The molecule has 204 valence electrons. The van der Waals surface area contributed by atoms with Gasteiger partial charge in [0, 0.05) is 60.2 Å². The van der Waals surface area contributed by atoms with Crippen LogP contribution < -0.4 is 15.2 Å². The van der Waals surface area contributed by atoms with Crippen LogP contribution >= 0.6 is 23.2 Å². The Kier molecular flexibility index (Phi) is 6.68. The van der Waals surface area contributed by atoms with Crippen LogP contribution in [0.2, 0.25) is 10.0 Å². The van der Waals surface area contributed by atoms with E-state index < -0.39 is 0 Å². The van der Waals surface area contributed by atoms with Gasteiger partial charge in [0.15, 0.2) is 5.69 Å². The summed E-state index contributed by atoms with van der Waals surface area (Å²) >= 11 is 12.7. The molecule has 1 aliphatic rings. The normalized spacial score (nSPS) is 13.8. The van der Waals surface area contributed by atoms with Gasteiger partial charge in [-0.2, -0.15) is 9.78 Å². The first-order chi connectivity index (χ1) is 19.3. The van der Waals surface area contributed by atoms with Crippen LogP contribution in [-0.4, -0.2) is 58.4 Å². The van der Waals surface area contributed by atoms with Gasteiger partial charge in [0.25, 0.3) is 11.5 Å². The van der Waals surface area contributed by atoms with Crippen LogP contribution in [-0.2, 0) is 7.05 Å². The fraction of sp³-hybridized carbons (Fsp3) is 0.233. The maximum absolute atomic E-state index is 14.1. The summed E-state index contributed by atoms with van der Waals surface area (Å²) in [4.78, 5) is 32.0. The van der Waals surface area contributed by atoms with Gasteiger partial charge >= 0.3 is 0 Å². The van der Waals surface area contributed by atoms with E-state index in [1.54, 1.807) is 23.1 Å². The Morgan fingerprint density at radius 1 is 0.975 bits per heavy atom. The molecule has 1 fully saturated rings. The third-order valence-corrected chi connectivity index (χ3v) is 8.13. The number of piperazine rings is 1. The molecular formula is C30H27Cl2N5O3. The average molecular weight is 576 g/mol. The maximum Gasteiger partial charge on any atom is 0.296 e. The predicted octanol–water partition coefficient (Wildman–Crippen LogP) is 5.46. The molecule has 1 amide bonds. The molecule has 6 rings (SSSR count). The lowest BCUT2D eigenvalue weighted by Crippen LogP contribution is -2.49. The molecule has 2 aromatic heterocycles. The lowest BCUT2D eigenvalue weighted by molar-refractivity contribution is 0.0741. The Morgan fingerprint density at radius 2 is 1.73 bits per heavy atom. The molecule has 5 aromatic rings. The molecule has 0 bridgehead atoms. The van der Waals surface area contributed by atoms with Crippen molar-refractivity contribution in [3.63, 3.8) is 0 Å². The molecule has 0 aliphatic carbocycles. The molecule has 3 heterocycles. The SMILES string of the molecule is COc1ccc(-n2nc(C(=O)N3CCN(c4cc(Cl)ccc4C)CC3)c3c4ccccc4n(C)c3c2=O)cc1Cl. The largest absolute Gasteiger partial charge is 0.495 e. The smallest absolute Gasteiger partial charge is 0.296 e. The van der Waals surface area contributed by atoms with Crippen molar-refractivity contribution in [1.82, 2.24) is 19.2 Å². The van der Waals surface area contributed by atoms with Gasteiger partial charge in [0.2, 0.25) is 0 Å². The molecule has 10 heteroatoms. The van der Waals surface area contributed by atoms with Crippen molar-refractivity contribution >= 4 is 56.6 Å². The minimum atomic E-state index is -0.340. The summed E-state index contributed by atoms with van der Waals surface area (Å²) in [7, 11) is 3.36. The average Bonchev–Trinajstić information content (AvgIpc) is 3.27. The minimum Gasteiger partial charge on any atom is -0.495 e. The standard InChI is InChI=1S/C30H27Cl2N5O3/c1-18-8-9-19(31)16-24(18)35-12-14-36(15-13-35)29(38)27-26-21-6-4-5-7-23(21)34(2)28(26)30(39)37(33-27)20-10-11-25(40-3)22(32)17-20/h4-11,16-17H,12-15H2,1-3H3. The second-order valence-electron chi connectivity index (χ2n) is 9.89. The zero-order valence-corrected chi connectivity index (χ0v) is 23.8. The number of benzene rings is 3. The summed E-state index contributed by atoms with van der Waals surface area (Å²) < 4.78 is 8.36. The van der Waals surface area contributed by atoms with Gasteiger partial charge < -0.3 is 19.1 Å². The molecule has 8 nitrogen and oxygen atoms in total. The number of para-hydroxylation sites is 1. The summed E-state index contributed by atoms with van der Waals surface area (Å²) in [6.07, 6.45) is 0. The van der Waals surface area contributed by atoms with Gasteiger partial charge in [-0.25, -0.2) is 0 Å². The molecule has 0 radical (unpaired) electrons. The topological polar surface area (TPSA) is 72.6 Å². The van der Waals surface area contributed by atoms with E-state index in [0.717, 1.165) is 22.2 Å². The molecular weight excluding hydrogens is 549 g/mol. The molecule has 1 aliphatic heterocycles. The molecule has 0 spiro atoms. The third kappa shape index (κ3) is 4.28. The number of carbonyl (C=O) groups excluding carboxylic acids is 1. The molecule has 0 unspecified atom stereocenters. The lowest BCUT2D eigenvalue weighted by atomic mass is 10.1. The monoisotopic (exact) mass is 575 g/mol. The van der Waals surface area contributed by atoms with Crippen molar-refractivity contribution in [1.29, 1.82) is 0 Å². The quantitative estimate of drug-likeness (QED) is 0.284. The van der Waals surface area contributed by atoms with E-state index in [9.17, 15) is 9.59 Å². The zero-order valence-electron chi connectivity index (χ0n) is 22.3. The van der Waals surface area contributed by atoms with Crippen molar-refractivity contribution in [2.24, 2.45) is 7.05 Å². The first-order valence-electron chi connectivity index (χ1n) is 12.9. The van der Waals surface area contributed by atoms with Crippen LogP contribution in [0.3, 0.4) is 0 Å². The Bertz CT molecular complexity index is 1850. The number of hydrogen-bond donors (Lipinski definition) is 0.